The van der Waals surface area contributed by atoms with E-state index in [1.807, 2.05) is 12.1 Å². The Morgan fingerprint density at radius 1 is 0.921 bits per heavy atom. The Bertz CT molecular complexity index is 1240. The third-order valence-electron chi connectivity index (χ3n) is 7.59. The van der Waals surface area contributed by atoms with Gasteiger partial charge in [-0.25, -0.2) is 0 Å². The maximum Gasteiger partial charge on any atom is 0.204 e. The van der Waals surface area contributed by atoms with Gasteiger partial charge in [-0.2, -0.15) is 0 Å². The van der Waals surface area contributed by atoms with Crippen LogP contribution in [0.15, 0.2) is 65.0 Å². The van der Waals surface area contributed by atoms with Crippen LogP contribution in [0.25, 0.3) is 0 Å². The van der Waals surface area contributed by atoms with Crippen molar-refractivity contribution >= 4 is 12.0 Å². The molecule has 198 valence electrons. The van der Waals surface area contributed by atoms with Gasteiger partial charge in [-0.15, -0.1) is 0 Å². The van der Waals surface area contributed by atoms with E-state index in [4.69, 9.17) is 9.47 Å². The number of hydrogen-bond donors (Lipinski definition) is 1. The second kappa shape index (κ2) is 12.1. The summed E-state index contributed by atoms with van der Waals surface area (Å²) in [6, 6.07) is 16.7. The van der Waals surface area contributed by atoms with Crippen molar-refractivity contribution in [3.8, 4) is 11.8 Å². The lowest BCUT2D eigenvalue weighted by atomic mass is 9.90. The van der Waals surface area contributed by atoms with E-state index in [1.165, 1.54) is 5.56 Å². The first-order valence-corrected chi connectivity index (χ1v) is 13.2. The smallest absolute Gasteiger partial charge is 0.204 e. The minimum Gasteiger partial charge on any atom is -0.503 e. The fourth-order valence-electron chi connectivity index (χ4n) is 5.10. The van der Waals surface area contributed by atoms with E-state index in [0.29, 0.717) is 18.2 Å². The fourth-order valence-corrected chi connectivity index (χ4v) is 5.10. The number of aliphatic hydroxyl groups excluding tert-OH is 1. The van der Waals surface area contributed by atoms with Crippen LogP contribution in [0, 0.1) is 11.8 Å². The number of ketones is 1. The highest BCUT2D eigenvalue weighted by Gasteiger charge is 2.30. The van der Waals surface area contributed by atoms with Crippen LogP contribution in [0.2, 0.25) is 0 Å². The van der Waals surface area contributed by atoms with Gasteiger partial charge < -0.3 is 14.6 Å². The van der Waals surface area contributed by atoms with Gasteiger partial charge in [0.1, 0.15) is 0 Å². The molecule has 1 atom stereocenters. The van der Waals surface area contributed by atoms with E-state index in [-0.39, 0.29) is 30.0 Å². The second-order valence-electron chi connectivity index (χ2n) is 10.3. The zero-order valence-electron chi connectivity index (χ0n) is 22.1. The van der Waals surface area contributed by atoms with E-state index in [9.17, 15) is 9.90 Å². The van der Waals surface area contributed by atoms with Crippen molar-refractivity contribution in [2.75, 3.05) is 46.9 Å². The van der Waals surface area contributed by atoms with Crippen molar-refractivity contribution in [2.24, 2.45) is 4.99 Å². The van der Waals surface area contributed by atoms with Crippen molar-refractivity contribution in [3.63, 3.8) is 0 Å². The highest BCUT2D eigenvalue weighted by atomic mass is 16.5. The normalized spacial score (nSPS) is 19.6. The van der Waals surface area contributed by atoms with Gasteiger partial charge >= 0.3 is 0 Å². The number of methoxy groups -OCH3 is 2. The predicted molar refractivity (Wildman–Crippen MR) is 147 cm³/mol. The van der Waals surface area contributed by atoms with E-state index >= 15 is 0 Å². The number of benzene rings is 2. The van der Waals surface area contributed by atoms with Crippen molar-refractivity contribution in [1.29, 1.82) is 0 Å². The summed E-state index contributed by atoms with van der Waals surface area (Å²) in [5.41, 5.74) is 4.82. The summed E-state index contributed by atoms with van der Waals surface area (Å²) in [5, 5.41) is 10.3. The van der Waals surface area contributed by atoms with Crippen LogP contribution in [0.5, 0.6) is 0 Å². The van der Waals surface area contributed by atoms with Gasteiger partial charge in [0, 0.05) is 89.6 Å². The van der Waals surface area contributed by atoms with Crippen molar-refractivity contribution < 1.29 is 19.4 Å². The molecule has 3 aliphatic heterocycles. The Balaban J connectivity index is 1.23. The molecule has 0 radical (unpaired) electrons. The summed E-state index contributed by atoms with van der Waals surface area (Å²) in [7, 11) is 3.51. The molecule has 7 nitrogen and oxygen atoms in total. The minimum atomic E-state index is -0.268. The first-order chi connectivity index (χ1) is 18.5. The van der Waals surface area contributed by atoms with Gasteiger partial charge in [-0.1, -0.05) is 36.1 Å². The molecule has 3 aliphatic rings. The number of nitrogens with zero attached hydrogens (tertiary/aromatic N) is 3. The van der Waals surface area contributed by atoms with Gasteiger partial charge in [0.15, 0.2) is 5.76 Å². The highest BCUT2D eigenvalue weighted by Crippen LogP contribution is 2.30. The molecule has 0 saturated carbocycles. The Morgan fingerprint density at radius 2 is 1.50 bits per heavy atom. The maximum atomic E-state index is 12.0. The first kappa shape index (κ1) is 26.3. The lowest BCUT2D eigenvalue weighted by molar-refractivity contribution is -0.117. The number of hydrogen-bond acceptors (Lipinski definition) is 7. The molecule has 2 fully saturated rings. The van der Waals surface area contributed by atoms with Gasteiger partial charge in [0.2, 0.25) is 5.78 Å². The molecular formula is C31H35N3O4. The molecule has 0 amide bonds. The number of aliphatic hydroxyl groups is 1. The van der Waals surface area contributed by atoms with Crippen LogP contribution < -0.4 is 0 Å². The molecule has 2 saturated heterocycles. The van der Waals surface area contributed by atoms with Gasteiger partial charge in [0.25, 0.3) is 0 Å². The second-order valence-corrected chi connectivity index (χ2v) is 10.3. The standard InChI is InChI=1S/C31H35N3O4/c1-37-27-18-33(19-27)16-24-7-5-22(6-8-24)3-4-23-9-11-25(12-10-23)26(17-34-20-28(21-34)38-2)15-29-31(36)30(35)13-14-32-29/h5-12,14,26-28,36H,13,15-21H2,1-2H3. The van der Waals surface area contributed by atoms with Crippen LogP contribution in [-0.2, 0) is 20.8 Å². The number of ether oxygens (including phenoxy) is 2. The number of likely N-dealkylation sites (tertiary alicyclic amines) is 2. The number of carbonyl (C=O) groups excluding carboxylic acids is 1. The zero-order valence-corrected chi connectivity index (χ0v) is 22.1. The molecule has 2 aromatic carbocycles. The van der Waals surface area contributed by atoms with Crippen LogP contribution in [0.3, 0.4) is 0 Å². The molecular weight excluding hydrogens is 478 g/mol. The average Bonchev–Trinajstić information content (AvgIpc) is 2.89. The number of carbonyl (C=O) groups is 1. The molecule has 1 N–H and O–H groups in total. The summed E-state index contributed by atoms with van der Waals surface area (Å²) in [5.74, 6) is 6.16. The number of Topliss-reactive ketones (excluding diaryl/α,β-unsaturated/α-hetero) is 1. The summed E-state index contributed by atoms with van der Waals surface area (Å²) in [6.45, 7) is 5.49. The predicted octanol–water partition coefficient (Wildman–Crippen LogP) is 3.53. The highest BCUT2D eigenvalue weighted by molar-refractivity contribution is 6.03. The molecule has 7 heteroatoms. The molecule has 0 aromatic heterocycles. The number of allylic oxidation sites excluding steroid dienone is 2. The molecule has 38 heavy (non-hydrogen) atoms. The lowest BCUT2D eigenvalue weighted by Gasteiger charge is -2.40. The summed E-state index contributed by atoms with van der Waals surface area (Å²) >= 11 is 0. The number of rotatable bonds is 9. The molecule has 1 unspecified atom stereocenters. The molecule has 5 rings (SSSR count). The molecule has 0 aliphatic carbocycles. The zero-order chi connectivity index (χ0) is 26.5. The SMILES string of the molecule is COC1CN(Cc2ccc(C#Cc3ccc(C(CC4=C(O)C(=O)CC=N4)CN4CC(OC)C4)cc3)cc2)C1. The van der Waals surface area contributed by atoms with Gasteiger partial charge in [0.05, 0.1) is 17.9 Å². The van der Waals surface area contributed by atoms with Crippen LogP contribution in [0.4, 0.5) is 0 Å². The van der Waals surface area contributed by atoms with Crippen molar-refractivity contribution in [1.82, 2.24) is 9.80 Å². The van der Waals surface area contributed by atoms with E-state index in [1.54, 1.807) is 20.4 Å². The third kappa shape index (κ3) is 6.40. The largest absolute Gasteiger partial charge is 0.503 e. The fraction of sp³-hybridized carbons (Fsp3) is 0.419. The molecule has 0 bridgehead atoms. The molecule has 2 aromatic rings. The van der Waals surface area contributed by atoms with Crippen LogP contribution in [0.1, 0.15) is 41.0 Å². The van der Waals surface area contributed by atoms with Crippen molar-refractivity contribution in [2.45, 2.75) is 37.5 Å². The summed E-state index contributed by atoms with van der Waals surface area (Å²) in [6.07, 6.45) is 2.89. The molecule has 0 spiro atoms. The Labute approximate surface area is 224 Å². The average molecular weight is 514 g/mol. The van der Waals surface area contributed by atoms with Crippen LogP contribution in [-0.4, -0.2) is 86.1 Å². The quantitative estimate of drug-likeness (QED) is 0.517. The van der Waals surface area contributed by atoms with E-state index in [2.05, 4.69) is 63.0 Å². The van der Waals surface area contributed by atoms with Crippen molar-refractivity contribution in [3.05, 3.63) is 82.2 Å². The topological polar surface area (TPSA) is 74.6 Å². The summed E-state index contributed by atoms with van der Waals surface area (Å²) in [4.78, 5) is 21.0. The van der Waals surface area contributed by atoms with E-state index in [0.717, 1.165) is 56.0 Å². The monoisotopic (exact) mass is 513 g/mol. The van der Waals surface area contributed by atoms with Gasteiger partial charge in [-0.3, -0.25) is 19.6 Å². The summed E-state index contributed by atoms with van der Waals surface area (Å²) < 4.78 is 10.8. The third-order valence-corrected chi connectivity index (χ3v) is 7.59. The van der Waals surface area contributed by atoms with Gasteiger partial charge in [-0.05, 0) is 35.4 Å². The first-order valence-electron chi connectivity index (χ1n) is 13.2. The number of aliphatic imine (C=N–C) groups is 1. The lowest BCUT2D eigenvalue weighted by Crippen LogP contribution is -2.52. The minimum absolute atomic E-state index is 0.0909. The maximum absolute atomic E-state index is 12.0. The Morgan fingerprint density at radius 3 is 2.11 bits per heavy atom. The van der Waals surface area contributed by atoms with E-state index < -0.39 is 0 Å². The Hall–Kier alpha value is -3.28. The molecule has 3 heterocycles. The Kier molecular flexibility index (Phi) is 8.35. The van der Waals surface area contributed by atoms with Crippen LogP contribution >= 0.6 is 0 Å².